The summed E-state index contributed by atoms with van der Waals surface area (Å²) in [5.74, 6) is 1.17. The predicted molar refractivity (Wildman–Crippen MR) is 102 cm³/mol. The quantitative estimate of drug-likeness (QED) is 0.734. The van der Waals surface area contributed by atoms with E-state index in [-0.39, 0.29) is 23.9 Å². The van der Waals surface area contributed by atoms with Crippen molar-refractivity contribution < 1.29 is 17.6 Å². The van der Waals surface area contributed by atoms with Gasteiger partial charge < -0.3 is 9.32 Å². The second-order valence-corrected chi connectivity index (χ2v) is 9.23. The number of hydrogen-bond acceptors (Lipinski definition) is 4. The fraction of sp³-hybridized carbons (Fsp3) is 0.389. The molecule has 0 N–H and O–H groups in total. The Labute approximate surface area is 162 Å². The van der Waals surface area contributed by atoms with E-state index in [2.05, 4.69) is 15.9 Å². The Morgan fingerprint density at radius 1 is 1.08 bits per heavy atom. The number of furan rings is 1. The molecule has 0 bridgehead atoms. The van der Waals surface area contributed by atoms with Crippen LogP contribution in [0.25, 0.3) is 0 Å². The summed E-state index contributed by atoms with van der Waals surface area (Å²) in [7, 11) is -3.56. The molecule has 1 amide bonds. The summed E-state index contributed by atoms with van der Waals surface area (Å²) in [6.45, 7) is 6.69. The Hall–Kier alpha value is -1.64. The minimum Gasteiger partial charge on any atom is -0.466 e. The summed E-state index contributed by atoms with van der Waals surface area (Å²) in [6, 6.07) is 6.73. The van der Waals surface area contributed by atoms with Gasteiger partial charge in [0.1, 0.15) is 11.5 Å². The fourth-order valence-corrected chi connectivity index (χ4v) is 4.83. The van der Waals surface area contributed by atoms with Crippen molar-refractivity contribution in [3.63, 3.8) is 0 Å². The third kappa shape index (κ3) is 3.58. The summed E-state index contributed by atoms with van der Waals surface area (Å²) in [4.78, 5) is 14.6. The van der Waals surface area contributed by atoms with Gasteiger partial charge in [-0.25, -0.2) is 8.42 Å². The molecule has 0 atom stereocenters. The van der Waals surface area contributed by atoms with E-state index in [1.54, 1.807) is 43.0 Å². The monoisotopic (exact) mass is 440 g/mol. The van der Waals surface area contributed by atoms with E-state index in [1.165, 1.54) is 4.31 Å². The number of piperazine rings is 1. The normalized spacial score (nSPS) is 16.1. The second-order valence-electron chi connectivity index (χ2n) is 6.43. The summed E-state index contributed by atoms with van der Waals surface area (Å²) < 4.78 is 33.4. The van der Waals surface area contributed by atoms with Crippen LogP contribution in [0.1, 0.15) is 27.4 Å². The molecule has 0 saturated carbocycles. The first kappa shape index (κ1) is 19.1. The molecule has 1 saturated heterocycles. The van der Waals surface area contributed by atoms with Gasteiger partial charge >= 0.3 is 0 Å². The topological polar surface area (TPSA) is 70.8 Å². The number of nitrogens with zero attached hydrogens (tertiary/aromatic N) is 2. The lowest BCUT2D eigenvalue weighted by Crippen LogP contribution is -2.50. The van der Waals surface area contributed by atoms with Gasteiger partial charge in [0.05, 0.1) is 10.5 Å². The lowest BCUT2D eigenvalue weighted by molar-refractivity contribution is 0.0696. The number of amides is 1. The molecular formula is C18H21BrN2O4S. The number of aryl methyl sites for hydroxylation is 3. The van der Waals surface area contributed by atoms with Gasteiger partial charge in [0.2, 0.25) is 10.0 Å². The summed E-state index contributed by atoms with van der Waals surface area (Å²) in [6.07, 6.45) is 0. The average molecular weight is 441 g/mol. The van der Waals surface area contributed by atoms with E-state index in [1.807, 2.05) is 6.92 Å². The van der Waals surface area contributed by atoms with Crippen molar-refractivity contribution in [2.75, 3.05) is 26.2 Å². The van der Waals surface area contributed by atoms with E-state index in [0.717, 1.165) is 10.0 Å². The van der Waals surface area contributed by atoms with Crippen molar-refractivity contribution in [2.45, 2.75) is 25.7 Å². The average Bonchev–Trinajstić information content (AvgIpc) is 2.95. The van der Waals surface area contributed by atoms with Gasteiger partial charge in [-0.15, -0.1) is 0 Å². The molecule has 1 aliphatic rings. The highest BCUT2D eigenvalue weighted by Crippen LogP contribution is 2.24. The van der Waals surface area contributed by atoms with E-state index in [0.29, 0.717) is 30.2 Å². The zero-order chi connectivity index (χ0) is 19.1. The van der Waals surface area contributed by atoms with Gasteiger partial charge in [0.25, 0.3) is 5.91 Å². The summed E-state index contributed by atoms with van der Waals surface area (Å²) in [5.41, 5.74) is 1.41. The molecule has 2 aromatic rings. The molecule has 1 aromatic heterocycles. The maximum absolute atomic E-state index is 12.8. The lowest BCUT2D eigenvalue weighted by Gasteiger charge is -2.34. The second kappa shape index (κ2) is 7.17. The first-order valence-corrected chi connectivity index (χ1v) is 10.6. The molecule has 0 radical (unpaired) electrons. The molecule has 6 nitrogen and oxygen atoms in total. The number of rotatable bonds is 3. The highest BCUT2D eigenvalue weighted by molar-refractivity contribution is 9.10. The smallest absolute Gasteiger partial charge is 0.257 e. The van der Waals surface area contributed by atoms with Crippen molar-refractivity contribution in [3.8, 4) is 0 Å². The molecular weight excluding hydrogens is 420 g/mol. The molecule has 3 rings (SSSR count). The molecule has 0 aliphatic carbocycles. The number of halogens is 1. The van der Waals surface area contributed by atoms with Gasteiger partial charge in [-0.2, -0.15) is 4.31 Å². The van der Waals surface area contributed by atoms with Crippen LogP contribution in [0.3, 0.4) is 0 Å². The van der Waals surface area contributed by atoms with Crippen molar-refractivity contribution in [2.24, 2.45) is 0 Å². The molecule has 0 unspecified atom stereocenters. The Morgan fingerprint density at radius 2 is 1.73 bits per heavy atom. The van der Waals surface area contributed by atoms with Crippen LogP contribution in [0.4, 0.5) is 0 Å². The number of sulfonamides is 1. The lowest BCUT2D eigenvalue weighted by atomic mass is 10.2. The minimum atomic E-state index is -3.56. The van der Waals surface area contributed by atoms with Gasteiger partial charge in [0, 0.05) is 30.7 Å². The van der Waals surface area contributed by atoms with E-state index in [9.17, 15) is 13.2 Å². The van der Waals surface area contributed by atoms with Gasteiger partial charge in [0.15, 0.2) is 0 Å². The zero-order valence-corrected chi connectivity index (χ0v) is 17.4. The van der Waals surface area contributed by atoms with Gasteiger partial charge in [-0.3, -0.25) is 4.79 Å². The van der Waals surface area contributed by atoms with Crippen molar-refractivity contribution in [3.05, 3.63) is 51.4 Å². The highest BCUT2D eigenvalue weighted by atomic mass is 79.9. The Bertz CT molecular complexity index is 944. The largest absolute Gasteiger partial charge is 0.466 e. The molecule has 8 heteroatoms. The van der Waals surface area contributed by atoms with Crippen LogP contribution in [0.2, 0.25) is 0 Å². The van der Waals surface area contributed by atoms with Crippen LogP contribution >= 0.6 is 15.9 Å². The maximum Gasteiger partial charge on any atom is 0.257 e. The molecule has 1 aromatic carbocycles. The number of benzene rings is 1. The SMILES string of the molecule is Cc1cc(C(=O)N2CCN(S(=O)(=O)c3ccc(Br)c(C)c3)CC2)c(C)o1. The zero-order valence-electron chi connectivity index (χ0n) is 15.0. The van der Waals surface area contributed by atoms with Gasteiger partial charge in [-0.1, -0.05) is 15.9 Å². The molecule has 1 fully saturated rings. The van der Waals surface area contributed by atoms with Gasteiger partial charge in [-0.05, 0) is 50.6 Å². The van der Waals surface area contributed by atoms with Crippen LogP contribution in [-0.2, 0) is 10.0 Å². The Balaban J connectivity index is 1.72. The summed E-state index contributed by atoms with van der Waals surface area (Å²) in [5, 5.41) is 0. The van der Waals surface area contributed by atoms with E-state index < -0.39 is 10.0 Å². The number of carbonyl (C=O) groups excluding carboxylic acids is 1. The van der Waals surface area contributed by atoms with E-state index >= 15 is 0 Å². The van der Waals surface area contributed by atoms with Crippen molar-refractivity contribution in [1.82, 2.24) is 9.21 Å². The predicted octanol–water partition coefficient (Wildman–Crippen LogP) is 3.11. The molecule has 1 aliphatic heterocycles. The number of hydrogen-bond donors (Lipinski definition) is 0. The summed E-state index contributed by atoms with van der Waals surface area (Å²) >= 11 is 3.39. The molecule has 140 valence electrons. The van der Waals surface area contributed by atoms with Crippen LogP contribution in [0.15, 0.2) is 38.1 Å². The fourth-order valence-electron chi connectivity index (χ4n) is 3.07. The van der Waals surface area contributed by atoms with E-state index in [4.69, 9.17) is 4.42 Å². The third-order valence-corrected chi connectivity index (χ3v) is 7.35. The molecule has 26 heavy (non-hydrogen) atoms. The Morgan fingerprint density at radius 3 is 2.27 bits per heavy atom. The van der Waals surface area contributed by atoms with Crippen LogP contribution in [0, 0.1) is 20.8 Å². The molecule has 0 spiro atoms. The maximum atomic E-state index is 12.8. The third-order valence-electron chi connectivity index (χ3n) is 4.56. The highest BCUT2D eigenvalue weighted by Gasteiger charge is 2.31. The van der Waals surface area contributed by atoms with Crippen molar-refractivity contribution in [1.29, 1.82) is 0 Å². The first-order chi connectivity index (χ1) is 12.2. The minimum absolute atomic E-state index is 0.115. The standard InChI is InChI=1S/C18H21BrN2O4S/c1-12-10-15(4-5-17(12)19)26(23,24)21-8-6-20(7-9-21)18(22)16-11-13(2)25-14(16)3/h4-5,10-11H,6-9H2,1-3H3. The number of carbonyl (C=O) groups is 1. The van der Waals surface area contributed by atoms with Crippen LogP contribution in [-0.4, -0.2) is 49.7 Å². The first-order valence-electron chi connectivity index (χ1n) is 8.33. The molecule has 2 heterocycles. The van der Waals surface area contributed by atoms with Crippen LogP contribution < -0.4 is 0 Å². The Kier molecular flexibility index (Phi) is 5.28. The van der Waals surface area contributed by atoms with Crippen LogP contribution in [0.5, 0.6) is 0 Å². The van der Waals surface area contributed by atoms with Crippen molar-refractivity contribution >= 4 is 31.9 Å².